The third-order valence-corrected chi connectivity index (χ3v) is 6.54. The molecule has 4 rings (SSSR count). The minimum atomic E-state index is -0.0430. The van der Waals surface area contributed by atoms with Crippen molar-refractivity contribution < 1.29 is 14.3 Å². The monoisotopic (exact) mass is 449 g/mol. The van der Waals surface area contributed by atoms with Crippen LogP contribution in [0.25, 0.3) is 0 Å². The van der Waals surface area contributed by atoms with Crippen molar-refractivity contribution in [1.29, 1.82) is 0 Å². The van der Waals surface area contributed by atoms with Gasteiger partial charge in [0.2, 0.25) is 0 Å². The lowest BCUT2D eigenvalue weighted by molar-refractivity contribution is 0.0933. The third kappa shape index (κ3) is 6.57. The van der Waals surface area contributed by atoms with Gasteiger partial charge in [0, 0.05) is 37.2 Å². The second-order valence-electron chi connectivity index (χ2n) is 9.35. The summed E-state index contributed by atoms with van der Waals surface area (Å²) >= 11 is 0. The molecule has 0 spiro atoms. The van der Waals surface area contributed by atoms with Crippen molar-refractivity contribution in [3.05, 3.63) is 64.7 Å². The zero-order chi connectivity index (χ0) is 23.0. The lowest BCUT2D eigenvalue weighted by Crippen LogP contribution is -2.39. The van der Waals surface area contributed by atoms with Crippen LogP contribution in [0.1, 0.15) is 63.9 Å². The number of fused-ring (bicyclic) bond motifs is 3. The SMILES string of the molecule is CN1CCCC(CNC(=O)c2ccc3c(c2)Cc2cccc(c2)C(=O)NCCCCCO3)C1. The number of benzene rings is 2. The van der Waals surface area contributed by atoms with Gasteiger partial charge in [0.25, 0.3) is 11.8 Å². The first-order chi connectivity index (χ1) is 16.1. The zero-order valence-corrected chi connectivity index (χ0v) is 19.6. The van der Waals surface area contributed by atoms with Crippen molar-refractivity contribution in [2.45, 2.75) is 38.5 Å². The summed E-state index contributed by atoms with van der Waals surface area (Å²) in [6.07, 6.45) is 5.80. The van der Waals surface area contributed by atoms with Gasteiger partial charge in [-0.25, -0.2) is 0 Å². The van der Waals surface area contributed by atoms with Crippen molar-refractivity contribution in [2.75, 3.05) is 39.8 Å². The minimum Gasteiger partial charge on any atom is -0.493 e. The Morgan fingerprint density at radius 1 is 1.15 bits per heavy atom. The Morgan fingerprint density at radius 3 is 2.94 bits per heavy atom. The number of nitrogens with one attached hydrogen (secondary N) is 2. The molecular formula is C27H35N3O3. The van der Waals surface area contributed by atoms with Gasteiger partial charge in [0.05, 0.1) is 6.61 Å². The van der Waals surface area contributed by atoms with E-state index >= 15 is 0 Å². The standard InChI is InChI=1S/C27H35N3O3/c1-30-13-6-8-21(19-30)18-29-27(32)23-10-11-25-24(17-23)16-20-7-5-9-22(15-20)26(31)28-12-3-2-4-14-33-25/h5,7,9-11,15,17,21H,2-4,6,8,12-14,16,18-19H2,1H3,(H,28,31)(H,29,32). The number of ether oxygens (including phenoxy) is 1. The molecule has 2 aromatic carbocycles. The molecule has 2 amide bonds. The summed E-state index contributed by atoms with van der Waals surface area (Å²) < 4.78 is 6.10. The number of amides is 2. The molecule has 2 aromatic rings. The molecule has 6 heteroatoms. The summed E-state index contributed by atoms with van der Waals surface area (Å²) in [6, 6.07) is 13.4. The number of hydrogen-bond donors (Lipinski definition) is 2. The quantitative estimate of drug-likeness (QED) is 0.751. The van der Waals surface area contributed by atoms with Gasteiger partial charge in [-0.15, -0.1) is 0 Å². The Balaban J connectivity index is 1.51. The van der Waals surface area contributed by atoms with E-state index in [2.05, 4.69) is 22.6 Å². The Kier molecular flexibility index (Phi) is 8.00. The van der Waals surface area contributed by atoms with Crippen molar-refractivity contribution in [1.82, 2.24) is 15.5 Å². The van der Waals surface area contributed by atoms with Crippen LogP contribution in [0.4, 0.5) is 0 Å². The van der Waals surface area contributed by atoms with Crippen LogP contribution in [0.3, 0.4) is 0 Å². The van der Waals surface area contributed by atoms with E-state index in [-0.39, 0.29) is 11.8 Å². The highest BCUT2D eigenvalue weighted by molar-refractivity contribution is 5.95. The first-order valence-electron chi connectivity index (χ1n) is 12.2. The number of piperidine rings is 1. The average molecular weight is 450 g/mol. The Hall–Kier alpha value is -2.86. The first kappa shape index (κ1) is 23.3. The maximum atomic E-state index is 12.9. The van der Waals surface area contributed by atoms with Crippen LogP contribution in [0.5, 0.6) is 5.75 Å². The Morgan fingerprint density at radius 2 is 2.06 bits per heavy atom. The van der Waals surface area contributed by atoms with E-state index < -0.39 is 0 Å². The molecule has 0 saturated carbocycles. The normalized spacial score (nSPS) is 20.0. The van der Waals surface area contributed by atoms with E-state index in [1.807, 2.05) is 42.5 Å². The van der Waals surface area contributed by atoms with Gasteiger partial charge >= 0.3 is 0 Å². The van der Waals surface area contributed by atoms with Crippen LogP contribution in [-0.2, 0) is 6.42 Å². The minimum absolute atomic E-state index is 0.0353. The fourth-order valence-electron chi connectivity index (χ4n) is 4.71. The molecule has 1 saturated heterocycles. The van der Waals surface area contributed by atoms with Crippen LogP contribution >= 0.6 is 0 Å². The molecular weight excluding hydrogens is 414 g/mol. The van der Waals surface area contributed by atoms with Crippen LogP contribution in [-0.4, -0.2) is 56.5 Å². The lowest BCUT2D eigenvalue weighted by atomic mass is 9.98. The predicted molar refractivity (Wildman–Crippen MR) is 130 cm³/mol. The molecule has 0 aliphatic carbocycles. The highest BCUT2D eigenvalue weighted by Crippen LogP contribution is 2.25. The molecule has 2 heterocycles. The third-order valence-electron chi connectivity index (χ3n) is 6.54. The second-order valence-corrected chi connectivity index (χ2v) is 9.35. The van der Waals surface area contributed by atoms with Gasteiger partial charge in [-0.2, -0.15) is 0 Å². The topological polar surface area (TPSA) is 70.7 Å². The summed E-state index contributed by atoms with van der Waals surface area (Å²) in [6.45, 7) is 4.17. The van der Waals surface area contributed by atoms with E-state index in [1.54, 1.807) is 0 Å². The van der Waals surface area contributed by atoms with Crippen molar-refractivity contribution in [3.63, 3.8) is 0 Å². The fourth-order valence-corrected chi connectivity index (χ4v) is 4.71. The smallest absolute Gasteiger partial charge is 0.251 e. The number of nitrogens with zero attached hydrogens (tertiary/aromatic N) is 1. The molecule has 2 aliphatic rings. The van der Waals surface area contributed by atoms with Gasteiger partial charge in [0.15, 0.2) is 0 Å². The van der Waals surface area contributed by atoms with Gasteiger partial charge in [0.1, 0.15) is 5.75 Å². The van der Waals surface area contributed by atoms with Crippen LogP contribution in [0.2, 0.25) is 0 Å². The Bertz CT molecular complexity index is 975. The molecule has 33 heavy (non-hydrogen) atoms. The first-order valence-corrected chi connectivity index (χ1v) is 12.2. The number of rotatable bonds is 3. The molecule has 176 valence electrons. The van der Waals surface area contributed by atoms with Crippen LogP contribution in [0.15, 0.2) is 42.5 Å². The molecule has 2 bridgehead atoms. The molecule has 1 unspecified atom stereocenters. The van der Waals surface area contributed by atoms with Crippen molar-refractivity contribution in [3.8, 4) is 5.75 Å². The molecule has 6 nitrogen and oxygen atoms in total. The molecule has 0 aromatic heterocycles. The van der Waals surface area contributed by atoms with Crippen molar-refractivity contribution in [2.24, 2.45) is 5.92 Å². The second kappa shape index (κ2) is 11.3. The molecule has 1 atom stereocenters. The highest BCUT2D eigenvalue weighted by Gasteiger charge is 2.19. The number of carbonyl (C=O) groups excluding carboxylic acids is 2. The fraction of sp³-hybridized carbons (Fsp3) is 0.481. The van der Waals surface area contributed by atoms with E-state index in [4.69, 9.17) is 4.74 Å². The number of likely N-dealkylation sites (tertiary alicyclic amines) is 1. The summed E-state index contributed by atoms with van der Waals surface area (Å²) in [5.41, 5.74) is 3.30. The lowest BCUT2D eigenvalue weighted by Gasteiger charge is -2.29. The van der Waals surface area contributed by atoms with Crippen LogP contribution < -0.4 is 15.4 Å². The van der Waals surface area contributed by atoms with E-state index in [0.29, 0.717) is 43.2 Å². The maximum Gasteiger partial charge on any atom is 0.251 e. The molecule has 2 aliphatic heterocycles. The molecule has 2 N–H and O–H groups in total. The zero-order valence-electron chi connectivity index (χ0n) is 19.6. The van der Waals surface area contributed by atoms with Gasteiger partial charge < -0.3 is 20.3 Å². The van der Waals surface area contributed by atoms with E-state index in [1.165, 1.54) is 6.42 Å². The average Bonchev–Trinajstić information content (AvgIpc) is 2.82. The maximum absolute atomic E-state index is 12.9. The predicted octanol–water partition coefficient (Wildman–Crippen LogP) is 3.64. The van der Waals surface area contributed by atoms with E-state index in [9.17, 15) is 9.59 Å². The summed E-state index contributed by atoms with van der Waals surface area (Å²) in [4.78, 5) is 27.7. The van der Waals surface area contributed by atoms with Gasteiger partial charge in [-0.05, 0) is 93.1 Å². The largest absolute Gasteiger partial charge is 0.493 e. The summed E-state index contributed by atoms with van der Waals surface area (Å²) in [7, 11) is 2.14. The molecule has 0 radical (unpaired) electrons. The van der Waals surface area contributed by atoms with Crippen molar-refractivity contribution >= 4 is 11.8 Å². The number of carbonyl (C=O) groups is 2. The van der Waals surface area contributed by atoms with Crippen LogP contribution in [0, 0.1) is 5.92 Å². The summed E-state index contributed by atoms with van der Waals surface area (Å²) in [5, 5.41) is 6.13. The van der Waals surface area contributed by atoms with Gasteiger partial charge in [-0.3, -0.25) is 9.59 Å². The summed E-state index contributed by atoms with van der Waals surface area (Å²) in [5.74, 6) is 1.24. The Labute approximate surface area is 196 Å². The number of hydrogen-bond acceptors (Lipinski definition) is 4. The highest BCUT2D eigenvalue weighted by atomic mass is 16.5. The molecule has 1 fully saturated rings. The van der Waals surface area contributed by atoms with E-state index in [0.717, 1.165) is 55.6 Å². The van der Waals surface area contributed by atoms with Gasteiger partial charge in [-0.1, -0.05) is 12.1 Å².